The topological polar surface area (TPSA) is 50.8 Å². The van der Waals surface area contributed by atoms with E-state index in [0.717, 1.165) is 6.54 Å². The monoisotopic (exact) mass is 288 g/mol. The van der Waals surface area contributed by atoms with Gasteiger partial charge in [-0.25, -0.2) is 4.79 Å². The highest BCUT2D eigenvalue weighted by Gasteiger charge is 2.36. The molecule has 1 amide bonds. The normalized spacial score (nSPS) is 21.7. The summed E-state index contributed by atoms with van der Waals surface area (Å²) in [6.45, 7) is 2.34. The highest BCUT2D eigenvalue weighted by molar-refractivity contribution is 5.67. The highest BCUT2D eigenvalue weighted by Crippen LogP contribution is 2.19. The maximum atomic E-state index is 11.4. The number of ether oxygens (including phenoxy) is 2. The van der Waals surface area contributed by atoms with Gasteiger partial charge >= 0.3 is 6.09 Å². The average Bonchev–Trinajstić information content (AvgIpc) is 2.87. The lowest BCUT2D eigenvalue weighted by molar-refractivity contribution is -0.00413. The summed E-state index contributed by atoms with van der Waals surface area (Å²) in [4.78, 5) is 13.6. The standard InChI is InChI=1S/C16H20N2O3/c1-3-9-20-14-11-18(10-13-7-5-4-6-8-13)12-15(14)21-16(19)17-2/h1,4-8,14-15H,9-12H2,2H3,(H,17,19). The van der Waals surface area contributed by atoms with Crippen molar-refractivity contribution in [2.45, 2.75) is 18.8 Å². The van der Waals surface area contributed by atoms with E-state index in [9.17, 15) is 4.79 Å². The fourth-order valence-electron chi connectivity index (χ4n) is 2.41. The molecule has 0 aromatic heterocycles. The number of terminal acetylenes is 1. The molecule has 2 unspecified atom stereocenters. The van der Waals surface area contributed by atoms with Gasteiger partial charge in [-0.2, -0.15) is 0 Å². The van der Waals surface area contributed by atoms with Crippen LogP contribution >= 0.6 is 0 Å². The molecule has 0 aliphatic carbocycles. The van der Waals surface area contributed by atoms with Gasteiger partial charge in [0.2, 0.25) is 0 Å². The zero-order valence-corrected chi connectivity index (χ0v) is 12.1. The van der Waals surface area contributed by atoms with E-state index < -0.39 is 6.09 Å². The van der Waals surface area contributed by atoms with Crippen molar-refractivity contribution >= 4 is 6.09 Å². The van der Waals surface area contributed by atoms with Crippen LogP contribution in [0.5, 0.6) is 0 Å². The molecule has 1 saturated heterocycles. The number of nitrogens with one attached hydrogen (secondary N) is 1. The Morgan fingerprint density at radius 2 is 2.10 bits per heavy atom. The number of hydrogen-bond acceptors (Lipinski definition) is 4. The minimum atomic E-state index is -0.448. The predicted octanol–water partition coefficient (Wildman–Crippen LogP) is 1.25. The van der Waals surface area contributed by atoms with Crippen molar-refractivity contribution < 1.29 is 14.3 Å². The number of alkyl carbamates (subject to hydrolysis) is 1. The third-order valence-electron chi connectivity index (χ3n) is 3.38. The summed E-state index contributed by atoms with van der Waals surface area (Å²) in [5, 5.41) is 2.46. The zero-order valence-electron chi connectivity index (χ0n) is 12.1. The number of rotatable bonds is 5. The lowest BCUT2D eigenvalue weighted by Crippen LogP contribution is -2.35. The van der Waals surface area contributed by atoms with Crippen LogP contribution < -0.4 is 5.32 Å². The van der Waals surface area contributed by atoms with Gasteiger partial charge in [0.25, 0.3) is 0 Å². The molecule has 0 saturated carbocycles. The second kappa shape index (κ2) is 7.67. The molecule has 1 aromatic rings. The van der Waals surface area contributed by atoms with E-state index in [4.69, 9.17) is 15.9 Å². The predicted molar refractivity (Wildman–Crippen MR) is 79.6 cm³/mol. The van der Waals surface area contributed by atoms with E-state index >= 15 is 0 Å². The molecule has 1 heterocycles. The van der Waals surface area contributed by atoms with Crippen LogP contribution in [-0.2, 0) is 16.0 Å². The van der Waals surface area contributed by atoms with Crippen molar-refractivity contribution in [3.05, 3.63) is 35.9 Å². The molecule has 2 rings (SSSR count). The number of hydrogen-bond donors (Lipinski definition) is 1. The Morgan fingerprint density at radius 3 is 2.76 bits per heavy atom. The number of carbonyl (C=O) groups is 1. The van der Waals surface area contributed by atoms with Gasteiger partial charge in [-0.3, -0.25) is 4.90 Å². The van der Waals surface area contributed by atoms with Crippen molar-refractivity contribution in [2.24, 2.45) is 0 Å². The number of nitrogens with zero attached hydrogens (tertiary/aromatic N) is 1. The first-order valence-corrected chi connectivity index (χ1v) is 6.92. The highest BCUT2D eigenvalue weighted by atomic mass is 16.6. The Kier molecular flexibility index (Phi) is 5.61. The van der Waals surface area contributed by atoms with E-state index in [2.05, 4.69) is 28.3 Å². The smallest absolute Gasteiger partial charge is 0.407 e. The van der Waals surface area contributed by atoms with Crippen LogP contribution in [0.25, 0.3) is 0 Å². The van der Waals surface area contributed by atoms with Crippen LogP contribution in [0.4, 0.5) is 4.79 Å². The van der Waals surface area contributed by atoms with Gasteiger partial charge in [0, 0.05) is 26.7 Å². The van der Waals surface area contributed by atoms with Gasteiger partial charge in [0.1, 0.15) is 18.8 Å². The molecule has 21 heavy (non-hydrogen) atoms. The van der Waals surface area contributed by atoms with Crippen molar-refractivity contribution in [1.29, 1.82) is 0 Å². The Balaban J connectivity index is 1.96. The minimum Gasteiger partial charge on any atom is -0.442 e. The first-order valence-electron chi connectivity index (χ1n) is 6.92. The van der Waals surface area contributed by atoms with Gasteiger partial charge in [-0.05, 0) is 5.56 Å². The number of amides is 1. The Bertz CT molecular complexity index is 498. The first kappa shape index (κ1) is 15.4. The zero-order chi connectivity index (χ0) is 15.1. The molecule has 0 spiro atoms. The third-order valence-corrected chi connectivity index (χ3v) is 3.38. The second-order valence-electron chi connectivity index (χ2n) is 4.93. The van der Waals surface area contributed by atoms with Crippen molar-refractivity contribution in [3.63, 3.8) is 0 Å². The van der Waals surface area contributed by atoms with Crippen LogP contribution in [0.1, 0.15) is 5.56 Å². The summed E-state index contributed by atoms with van der Waals surface area (Å²) in [7, 11) is 1.54. The van der Waals surface area contributed by atoms with Gasteiger partial charge in [-0.15, -0.1) is 6.42 Å². The summed E-state index contributed by atoms with van der Waals surface area (Å²) in [5.41, 5.74) is 1.22. The maximum absolute atomic E-state index is 11.4. The second-order valence-corrected chi connectivity index (χ2v) is 4.93. The summed E-state index contributed by atoms with van der Waals surface area (Å²) in [5.74, 6) is 2.45. The van der Waals surface area contributed by atoms with Crippen molar-refractivity contribution in [1.82, 2.24) is 10.2 Å². The molecular formula is C16H20N2O3. The first-order chi connectivity index (χ1) is 10.2. The Labute approximate surface area is 125 Å². The summed E-state index contributed by atoms with van der Waals surface area (Å²) >= 11 is 0. The SMILES string of the molecule is C#CCOC1CN(Cc2ccccc2)CC1OC(=O)NC. The van der Waals surface area contributed by atoms with Gasteiger partial charge in [0.05, 0.1) is 0 Å². The van der Waals surface area contributed by atoms with Crippen LogP contribution in [0, 0.1) is 12.3 Å². The Morgan fingerprint density at radius 1 is 1.38 bits per heavy atom. The quantitative estimate of drug-likeness (QED) is 0.828. The van der Waals surface area contributed by atoms with Crippen LogP contribution in [0.3, 0.4) is 0 Å². The van der Waals surface area contributed by atoms with Crippen molar-refractivity contribution in [2.75, 3.05) is 26.7 Å². The maximum Gasteiger partial charge on any atom is 0.407 e. The largest absolute Gasteiger partial charge is 0.442 e. The molecule has 5 heteroatoms. The molecule has 2 atom stereocenters. The van der Waals surface area contributed by atoms with Crippen molar-refractivity contribution in [3.8, 4) is 12.3 Å². The number of benzene rings is 1. The lowest BCUT2D eigenvalue weighted by atomic mass is 10.2. The van der Waals surface area contributed by atoms with E-state index in [0.29, 0.717) is 13.1 Å². The summed E-state index contributed by atoms with van der Waals surface area (Å²) in [6.07, 6.45) is 4.28. The third kappa shape index (κ3) is 4.48. The fraction of sp³-hybridized carbons (Fsp3) is 0.438. The fourth-order valence-corrected chi connectivity index (χ4v) is 2.41. The lowest BCUT2D eigenvalue weighted by Gasteiger charge is -2.18. The summed E-state index contributed by atoms with van der Waals surface area (Å²) < 4.78 is 10.9. The molecule has 5 nitrogen and oxygen atoms in total. The number of carbonyl (C=O) groups excluding carboxylic acids is 1. The van der Waals surface area contributed by atoms with Gasteiger partial charge in [0.15, 0.2) is 0 Å². The van der Waals surface area contributed by atoms with E-state index in [1.54, 1.807) is 0 Å². The van der Waals surface area contributed by atoms with Crippen LogP contribution in [0.15, 0.2) is 30.3 Å². The molecule has 1 N–H and O–H groups in total. The molecule has 1 aliphatic heterocycles. The molecule has 1 aromatic carbocycles. The molecular weight excluding hydrogens is 268 g/mol. The van der Waals surface area contributed by atoms with Crippen LogP contribution in [0.2, 0.25) is 0 Å². The molecule has 1 aliphatic rings. The van der Waals surface area contributed by atoms with E-state index in [1.807, 2.05) is 18.2 Å². The number of likely N-dealkylation sites (tertiary alicyclic amines) is 1. The Hall–Kier alpha value is -2.03. The summed E-state index contributed by atoms with van der Waals surface area (Å²) in [6, 6.07) is 10.2. The van der Waals surface area contributed by atoms with Gasteiger partial charge < -0.3 is 14.8 Å². The minimum absolute atomic E-state index is 0.193. The molecule has 0 radical (unpaired) electrons. The van der Waals surface area contributed by atoms with Crippen LogP contribution in [-0.4, -0.2) is 49.9 Å². The molecule has 112 valence electrons. The molecule has 1 fully saturated rings. The molecule has 0 bridgehead atoms. The van der Waals surface area contributed by atoms with E-state index in [-0.39, 0.29) is 18.8 Å². The van der Waals surface area contributed by atoms with Gasteiger partial charge in [-0.1, -0.05) is 36.3 Å². The average molecular weight is 288 g/mol. The van der Waals surface area contributed by atoms with E-state index in [1.165, 1.54) is 12.6 Å².